The van der Waals surface area contributed by atoms with Crippen molar-refractivity contribution < 1.29 is 0 Å². The van der Waals surface area contributed by atoms with Crippen LogP contribution in [0.1, 0.15) is 22.3 Å². The van der Waals surface area contributed by atoms with Crippen LogP contribution in [0.15, 0.2) is 59.7 Å². The predicted molar refractivity (Wildman–Crippen MR) is 104 cm³/mol. The van der Waals surface area contributed by atoms with Crippen LogP contribution in [0.3, 0.4) is 0 Å². The van der Waals surface area contributed by atoms with Gasteiger partial charge in [-0.1, -0.05) is 36.4 Å². The van der Waals surface area contributed by atoms with E-state index in [4.69, 9.17) is 10.7 Å². The maximum atomic E-state index is 5.96. The molecule has 3 heterocycles. The summed E-state index contributed by atoms with van der Waals surface area (Å²) in [5, 5.41) is 4.35. The van der Waals surface area contributed by atoms with Gasteiger partial charge in [0.05, 0.1) is 11.4 Å². The van der Waals surface area contributed by atoms with Crippen LogP contribution in [0, 0.1) is 13.8 Å². The largest absolute Gasteiger partial charge is 0.367 e. The predicted octanol–water partition coefficient (Wildman–Crippen LogP) is 4.08. The van der Waals surface area contributed by atoms with E-state index in [1.165, 1.54) is 11.1 Å². The zero-order valence-corrected chi connectivity index (χ0v) is 14.6. The summed E-state index contributed by atoms with van der Waals surface area (Å²) < 4.78 is 1.80. The van der Waals surface area contributed by atoms with Crippen molar-refractivity contribution >= 4 is 22.9 Å². The van der Waals surface area contributed by atoms with E-state index in [2.05, 4.69) is 42.1 Å². The van der Waals surface area contributed by atoms with Crippen LogP contribution >= 0.6 is 0 Å². The molecular formula is C21H17N5. The Labute approximate surface area is 150 Å². The third-order valence-electron chi connectivity index (χ3n) is 4.89. The molecular weight excluding hydrogens is 322 g/mol. The first-order chi connectivity index (χ1) is 12.6. The summed E-state index contributed by atoms with van der Waals surface area (Å²) in [6.45, 7) is 4.24. The minimum atomic E-state index is 0.250. The number of anilines is 1. The summed E-state index contributed by atoms with van der Waals surface area (Å²) in [6, 6.07) is 16.4. The number of benzene rings is 2. The van der Waals surface area contributed by atoms with Crippen molar-refractivity contribution in [2.24, 2.45) is 4.99 Å². The van der Waals surface area contributed by atoms with Gasteiger partial charge in [0.1, 0.15) is 11.2 Å². The molecule has 126 valence electrons. The molecule has 0 unspecified atom stereocenters. The van der Waals surface area contributed by atoms with Crippen LogP contribution in [0.25, 0.3) is 16.8 Å². The lowest BCUT2D eigenvalue weighted by Gasteiger charge is -2.12. The second-order valence-electron chi connectivity index (χ2n) is 6.59. The summed E-state index contributed by atoms with van der Waals surface area (Å²) in [6.07, 6.45) is 1.92. The topological polar surface area (TPSA) is 68.6 Å². The molecule has 5 heteroatoms. The Morgan fingerprint density at radius 1 is 0.885 bits per heavy atom. The van der Waals surface area contributed by atoms with Gasteiger partial charge in [-0.2, -0.15) is 0 Å². The average molecular weight is 339 g/mol. The molecule has 0 bridgehead atoms. The van der Waals surface area contributed by atoms with Gasteiger partial charge in [-0.25, -0.2) is 14.5 Å². The van der Waals surface area contributed by atoms with Gasteiger partial charge in [-0.15, -0.1) is 5.10 Å². The van der Waals surface area contributed by atoms with Crippen molar-refractivity contribution in [1.82, 2.24) is 14.6 Å². The molecule has 0 spiro atoms. The molecule has 2 aromatic heterocycles. The van der Waals surface area contributed by atoms with E-state index in [0.29, 0.717) is 0 Å². The normalized spacial score (nSPS) is 12.6. The number of aryl methyl sites for hydroxylation is 2. The number of hydrogen-bond donors (Lipinski definition) is 1. The monoisotopic (exact) mass is 339 g/mol. The summed E-state index contributed by atoms with van der Waals surface area (Å²) in [4.78, 5) is 9.62. The van der Waals surface area contributed by atoms with E-state index >= 15 is 0 Å². The fourth-order valence-corrected chi connectivity index (χ4v) is 3.75. The molecule has 5 nitrogen and oxygen atoms in total. The molecule has 0 fully saturated rings. The maximum Gasteiger partial charge on any atom is 0.238 e. The molecule has 0 saturated carbocycles. The minimum absolute atomic E-state index is 0.250. The second-order valence-corrected chi connectivity index (χ2v) is 6.59. The number of nitrogens with zero attached hydrogens (tertiary/aromatic N) is 4. The van der Waals surface area contributed by atoms with Gasteiger partial charge in [0.15, 0.2) is 0 Å². The summed E-state index contributed by atoms with van der Waals surface area (Å²) in [7, 11) is 0. The number of aromatic nitrogens is 3. The highest BCUT2D eigenvalue weighted by Gasteiger charge is 2.24. The Hall–Kier alpha value is -3.47. The van der Waals surface area contributed by atoms with Crippen LogP contribution in [-0.4, -0.2) is 20.3 Å². The molecule has 1 aliphatic heterocycles. The van der Waals surface area contributed by atoms with E-state index in [1.807, 2.05) is 36.5 Å². The van der Waals surface area contributed by atoms with E-state index in [-0.39, 0.29) is 5.95 Å². The van der Waals surface area contributed by atoms with Gasteiger partial charge in [0, 0.05) is 22.9 Å². The molecule has 2 aromatic carbocycles. The standard InChI is InChI=1S/C21H17N5/c1-12-6-5-7-13(2)17(12)18-15-10-11-26-20(15)19(24-21(22)25-26)14-8-3-4-9-16(14)23-18/h3-11H,1-2H3,(H2,22,25). The van der Waals surface area contributed by atoms with E-state index in [1.54, 1.807) is 4.52 Å². The third-order valence-corrected chi connectivity index (χ3v) is 4.89. The summed E-state index contributed by atoms with van der Waals surface area (Å²) >= 11 is 0. The molecule has 5 rings (SSSR count). The summed E-state index contributed by atoms with van der Waals surface area (Å²) in [5.41, 5.74) is 15.1. The van der Waals surface area contributed by atoms with Gasteiger partial charge in [-0.05, 0) is 37.1 Å². The van der Waals surface area contributed by atoms with Crippen molar-refractivity contribution in [2.75, 3.05) is 5.73 Å². The fraction of sp³-hybridized carbons (Fsp3) is 0.0952. The number of para-hydroxylation sites is 1. The number of rotatable bonds is 1. The maximum absolute atomic E-state index is 5.96. The lowest BCUT2D eigenvalue weighted by Crippen LogP contribution is -2.08. The Balaban J connectivity index is 1.97. The van der Waals surface area contributed by atoms with Crippen LogP contribution in [0.5, 0.6) is 0 Å². The number of nitrogen functional groups attached to an aromatic ring is 1. The molecule has 2 N–H and O–H groups in total. The lowest BCUT2D eigenvalue weighted by molar-refractivity contribution is 0.920. The van der Waals surface area contributed by atoms with Crippen LogP contribution in [-0.2, 0) is 0 Å². The zero-order valence-electron chi connectivity index (χ0n) is 14.6. The highest BCUT2D eigenvalue weighted by atomic mass is 15.3. The highest BCUT2D eigenvalue weighted by molar-refractivity contribution is 6.21. The molecule has 0 radical (unpaired) electrons. The average Bonchev–Trinajstić information content (AvgIpc) is 2.98. The van der Waals surface area contributed by atoms with Crippen molar-refractivity contribution in [3.63, 3.8) is 0 Å². The van der Waals surface area contributed by atoms with Crippen LogP contribution in [0.4, 0.5) is 11.6 Å². The molecule has 26 heavy (non-hydrogen) atoms. The van der Waals surface area contributed by atoms with Gasteiger partial charge >= 0.3 is 0 Å². The van der Waals surface area contributed by atoms with Crippen molar-refractivity contribution in [3.8, 4) is 11.3 Å². The number of nitrogens with two attached hydrogens (primary N) is 1. The van der Waals surface area contributed by atoms with Gasteiger partial charge in [0.25, 0.3) is 0 Å². The molecule has 0 aliphatic carbocycles. The first-order valence-electron chi connectivity index (χ1n) is 8.53. The number of fused-ring (bicyclic) bond motifs is 2. The Bertz CT molecular complexity index is 1200. The first kappa shape index (κ1) is 14.8. The molecule has 0 amide bonds. The zero-order chi connectivity index (χ0) is 17.8. The number of hydrogen-bond acceptors (Lipinski definition) is 4. The highest BCUT2D eigenvalue weighted by Crippen LogP contribution is 2.38. The Morgan fingerprint density at radius 3 is 2.46 bits per heavy atom. The fourth-order valence-electron chi connectivity index (χ4n) is 3.75. The Kier molecular flexibility index (Phi) is 3.00. The van der Waals surface area contributed by atoms with Crippen molar-refractivity contribution in [3.05, 3.63) is 77.0 Å². The smallest absolute Gasteiger partial charge is 0.238 e. The summed E-state index contributed by atoms with van der Waals surface area (Å²) in [5.74, 6) is 0.250. The van der Waals surface area contributed by atoms with E-state index < -0.39 is 0 Å². The van der Waals surface area contributed by atoms with E-state index in [0.717, 1.165) is 39.3 Å². The molecule has 1 aliphatic rings. The first-order valence-corrected chi connectivity index (χ1v) is 8.53. The third kappa shape index (κ3) is 2.00. The second kappa shape index (κ2) is 5.26. The SMILES string of the molecule is Cc1cccc(C)c1C1=Nc2ccccc2-c2nc(N)nn3ccc1c23. The van der Waals surface area contributed by atoms with Gasteiger partial charge in [0.2, 0.25) is 5.95 Å². The van der Waals surface area contributed by atoms with Crippen LogP contribution in [0.2, 0.25) is 0 Å². The lowest BCUT2D eigenvalue weighted by atomic mass is 9.94. The van der Waals surface area contributed by atoms with E-state index in [9.17, 15) is 0 Å². The van der Waals surface area contributed by atoms with Crippen LogP contribution < -0.4 is 5.73 Å². The van der Waals surface area contributed by atoms with Crippen molar-refractivity contribution in [2.45, 2.75) is 13.8 Å². The van der Waals surface area contributed by atoms with Gasteiger partial charge < -0.3 is 5.73 Å². The number of aliphatic imine (C=N–C) groups is 1. The molecule has 0 atom stereocenters. The molecule has 0 saturated heterocycles. The Morgan fingerprint density at radius 2 is 1.65 bits per heavy atom. The molecule has 4 aromatic rings. The quantitative estimate of drug-likeness (QED) is 0.500. The minimum Gasteiger partial charge on any atom is -0.367 e. The van der Waals surface area contributed by atoms with Crippen molar-refractivity contribution in [1.29, 1.82) is 0 Å². The van der Waals surface area contributed by atoms with Gasteiger partial charge in [-0.3, -0.25) is 0 Å².